The van der Waals surface area contributed by atoms with Crippen LogP contribution in [0.2, 0.25) is 0 Å². The van der Waals surface area contributed by atoms with Crippen molar-refractivity contribution in [2.24, 2.45) is 11.8 Å². The van der Waals surface area contributed by atoms with Crippen LogP contribution >= 0.6 is 0 Å². The van der Waals surface area contributed by atoms with E-state index in [4.69, 9.17) is 28.4 Å². The highest BCUT2D eigenvalue weighted by molar-refractivity contribution is 5.76. The van der Waals surface area contributed by atoms with Crippen LogP contribution in [-0.2, 0) is 20.7 Å². The van der Waals surface area contributed by atoms with E-state index in [-0.39, 0.29) is 19.3 Å². The molecule has 1 aliphatic heterocycles. The van der Waals surface area contributed by atoms with Crippen LogP contribution in [0.15, 0.2) is 36.4 Å². The molecule has 0 aromatic heterocycles. The topological polar surface area (TPSA) is 92.7 Å². The highest BCUT2D eigenvalue weighted by atomic mass is 16.7. The number of carbonyl (C=O) groups is 1. The van der Waals surface area contributed by atoms with Gasteiger partial charge in [-0.3, -0.25) is 4.79 Å². The molecule has 0 bridgehead atoms. The van der Waals surface area contributed by atoms with Gasteiger partial charge in [0, 0.05) is 13.0 Å². The third-order valence-electron chi connectivity index (χ3n) is 5.37. The van der Waals surface area contributed by atoms with Crippen molar-refractivity contribution in [1.29, 1.82) is 0 Å². The average Bonchev–Trinajstić information content (AvgIpc) is 3.16. The number of ether oxygens (including phenoxy) is 6. The summed E-state index contributed by atoms with van der Waals surface area (Å²) in [6.07, 6.45) is -0.521. The molecule has 0 unspecified atom stereocenters. The summed E-state index contributed by atoms with van der Waals surface area (Å²) in [4.78, 5) is 12.5. The van der Waals surface area contributed by atoms with E-state index in [9.17, 15) is 9.90 Å². The zero-order valence-corrected chi connectivity index (χ0v) is 18.1. The molecule has 3 rings (SSSR count). The molecule has 1 heterocycles. The molecule has 8 nitrogen and oxygen atoms in total. The van der Waals surface area contributed by atoms with Crippen LogP contribution < -0.4 is 18.9 Å². The van der Waals surface area contributed by atoms with Gasteiger partial charge >= 0.3 is 5.97 Å². The average molecular weight is 432 g/mol. The Balaban J connectivity index is 1.82. The highest BCUT2D eigenvalue weighted by Crippen LogP contribution is 2.39. The Morgan fingerprint density at radius 3 is 2.32 bits per heavy atom. The minimum absolute atomic E-state index is 0.0311. The molecule has 0 spiro atoms. The third kappa shape index (κ3) is 5.03. The summed E-state index contributed by atoms with van der Waals surface area (Å²) in [6.45, 7) is 0.265. The second kappa shape index (κ2) is 10.4. The van der Waals surface area contributed by atoms with E-state index in [0.29, 0.717) is 35.0 Å². The molecule has 168 valence electrons. The maximum absolute atomic E-state index is 12.5. The van der Waals surface area contributed by atoms with Crippen LogP contribution in [0, 0.1) is 11.8 Å². The monoisotopic (exact) mass is 432 g/mol. The maximum Gasteiger partial charge on any atom is 0.312 e. The largest absolute Gasteiger partial charge is 0.493 e. The van der Waals surface area contributed by atoms with Crippen molar-refractivity contribution in [2.75, 3.05) is 41.8 Å². The van der Waals surface area contributed by atoms with Gasteiger partial charge in [-0.15, -0.1) is 0 Å². The molecule has 31 heavy (non-hydrogen) atoms. The summed E-state index contributed by atoms with van der Waals surface area (Å²) in [5, 5.41) is 11.1. The van der Waals surface area contributed by atoms with Gasteiger partial charge < -0.3 is 33.5 Å². The van der Waals surface area contributed by atoms with Crippen molar-refractivity contribution in [3.05, 3.63) is 47.5 Å². The number of hydrogen-bond donors (Lipinski definition) is 1. The van der Waals surface area contributed by atoms with Crippen LogP contribution in [0.3, 0.4) is 0 Å². The molecule has 8 heteroatoms. The van der Waals surface area contributed by atoms with E-state index in [0.717, 1.165) is 5.56 Å². The van der Waals surface area contributed by atoms with Crippen LogP contribution in [-0.4, -0.2) is 52.9 Å². The van der Waals surface area contributed by atoms with Crippen molar-refractivity contribution in [3.63, 3.8) is 0 Å². The summed E-state index contributed by atoms with van der Waals surface area (Å²) in [6, 6.07) is 10.7. The number of esters is 1. The number of benzene rings is 2. The molecule has 2 aromatic carbocycles. The number of rotatable bonds is 10. The van der Waals surface area contributed by atoms with Gasteiger partial charge in [-0.2, -0.15) is 0 Å². The Bertz CT molecular complexity index is 897. The predicted molar refractivity (Wildman–Crippen MR) is 112 cm³/mol. The molecule has 0 amide bonds. The number of aliphatic hydroxyl groups excluding tert-OH is 1. The van der Waals surface area contributed by atoms with Gasteiger partial charge in [-0.1, -0.05) is 12.1 Å². The molecule has 1 N–H and O–H groups in total. The summed E-state index contributed by atoms with van der Waals surface area (Å²) in [5.41, 5.74) is 1.49. The minimum atomic E-state index is -1.06. The number of carbonyl (C=O) groups excluding carboxylic acids is 1. The fourth-order valence-corrected chi connectivity index (χ4v) is 3.78. The lowest BCUT2D eigenvalue weighted by Crippen LogP contribution is -2.25. The highest BCUT2D eigenvalue weighted by Gasteiger charge is 2.42. The lowest BCUT2D eigenvalue weighted by Gasteiger charge is -2.22. The first-order valence-electron chi connectivity index (χ1n) is 9.87. The smallest absolute Gasteiger partial charge is 0.312 e. The second-order valence-electron chi connectivity index (χ2n) is 7.22. The minimum Gasteiger partial charge on any atom is -0.493 e. The SMILES string of the molecule is COCOc1cc([C@H](O)[C@H]2C(=O)OC[C@@H]2Cc2ccc(OC)c(OC)c2)ccc1OC. The van der Waals surface area contributed by atoms with Crippen molar-refractivity contribution in [3.8, 4) is 23.0 Å². The van der Waals surface area contributed by atoms with Crippen molar-refractivity contribution in [2.45, 2.75) is 12.5 Å². The normalized spacial score (nSPS) is 18.9. The Hall–Kier alpha value is -2.97. The number of methoxy groups -OCH3 is 4. The van der Waals surface area contributed by atoms with Gasteiger partial charge in [0.15, 0.2) is 29.8 Å². The Morgan fingerprint density at radius 1 is 0.968 bits per heavy atom. The van der Waals surface area contributed by atoms with Gasteiger partial charge in [0.05, 0.1) is 40.0 Å². The zero-order valence-electron chi connectivity index (χ0n) is 18.1. The van der Waals surface area contributed by atoms with E-state index in [1.165, 1.54) is 14.2 Å². The van der Waals surface area contributed by atoms with E-state index >= 15 is 0 Å². The van der Waals surface area contributed by atoms with Gasteiger partial charge in [0.1, 0.15) is 0 Å². The van der Waals surface area contributed by atoms with E-state index < -0.39 is 18.0 Å². The van der Waals surface area contributed by atoms with Crippen molar-refractivity contribution < 1.29 is 38.3 Å². The first-order chi connectivity index (χ1) is 15.0. The van der Waals surface area contributed by atoms with E-state index in [1.54, 1.807) is 32.4 Å². The Kier molecular flexibility index (Phi) is 7.59. The molecule has 1 fully saturated rings. The van der Waals surface area contributed by atoms with Crippen LogP contribution in [0.25, 0.3) is 0 Å². The Morgan fingerprint density at radius 2 is 1.65 bits per heavy atom. The lowest BCUT2D eigenvalue weighted by atomic mass is 9.83. The van der Waals surface area contributed by atoms with Crippen molar-refractivity contribution in [1.82, 2.24) is 0 Å². The van der Waals surface area contributed by atoms with Gasteiger partial charge in [-0.25, -0.2) is 0 Å². The first-order valence-corrected chi connectivity index (χ1v) is 9.87. The third-order valence-corrected chi connectivity index (χ3v) is 5.37. The standard InChI is InChI=1S/C23H28O8/c1-26-13-31-20-11-15(6-8-18(20)28-3)22(24)21-16(12-30-23(21)25)9-14-5-7-17(27-2)19(10-14)29-4/h5-8,10-11,16,21-22,24H,9,12-13H2,1-4H3/t16-,21-,22-/m0/s1. The molecular formula is C23H28O8. The molecule has 3 atom stereocenters. The number of aliphatic hydroxyl groups is 1. The molecule has 2 aromatic rings. The maximum atomic E-state index is 12.5. The molecular weight excluding hydrogens is 404 g/mol. The summed E-state index contributed by atoms with van der Waals surface area (Å²) < 4.78 is 31.7. The summed E-state index contributed by atoms with van der Waals surface area (Å²) >= 11 is 0. The van der Waals surface area contributed by atoms with E-state index in [2.05, 4.69) is 0 Å². The van der Waals surface area contributed by atoms with E-state index in [1.807, 2.05) is 18.2 Å². The lowest BCUT2D eigenvalue weighted by molar-refractivity contribution is -0.144. The fourth-order valence-electron chi connectivity index (χ4n) is 3.78. The molecule has 1 aliphatic rings. The first kappa shape index (κ1) is 22.7. The molecule has 0 saturated carbocycles. The summed E-state index contributed by atoms with van der Waals surface area (Å²) in [5.74, 6) is 0.824. The predicted octanol–water partition coefficient (Wildman–Crippen LogP) is 2.76. The second-order valence-corrected chi connectivity index (χ2v) is 7.22. The summed E-state index contributed by atoms with van der Waals surface area (Å²) in [7, 11) is 6.19. The number of hydrogen-bond acceptors (Lipinski definition) is 8. The van der Waals surface area contributed by atoms with Gasteiger partial charge in [0.2, 0.25) is 0 Å². The van der Waals surface area contributed by atoms with Crippen LogP contribution in [0.1, 0.15) is 17.2 Å². The van der Waals surface area contributed by atoms with Gasteiger partial charge in [0.25, 0.3) is 0 Å². The van der Waals surface area contributed by atoms with Gasteiger partial charge in [-0.05, 0) is 41.8 Å². The molecule has 0 radical (unpaired) electrons. The molecule has 0 aliphatic carbocycles. The fraction of sp³-hybridized carbons (Fsp3) is 0.435. The Labute approximate surface area is 181 Å². The number of cyclic esters (lactones) is 1. The molecule has 1 saturated heterocycles. The van der Waals surface area contributed by atoms with Crippen LogP contribution in [0.4, 0.5) is 0 Å². The van der Waals surface area contributed by atoms with Crippen LogP contribution in [0.5, 0.6) is 23.0 Å². The zero-order chi connectivity index (χ0) is 22.4. The van der Waals surface area contributed by atoms with Crippen molar-refractivity contribution >= 4 is 5.97 Å². The quantitative estimate of drug-likeness (QED) is 0.453.